The summed E-state index contributed by atoms with van der Waals surface area (Å²) in [5, 5.41) is 6.85. The summed E-state index contributed by atoms with van der Waals surface area (Å²) >= 11 is 5.15. The van der Waals surface area contributed by atoms with E-state index in [0.29, 0.717) is 17.2 Å². The minimum absolute atomic E-state index is 0.0245. The fourth-order valence-electron chi connectivity index (χ4n) is 1.75. The van der Waals surface area contributed by atoms with Crippen molar-refractivity contribution in [2.24, 2.45) is 0 Å². The average Bonchev–Trinajstić information content (AvgIpc) is 2.86. The number of carbonyl (C=O) groups excluding carboxylic acids is 1. The normalized spacial score (nSPS) is 10.4. The topological polar surface area (TPSA) is 81.2 Å². The number of ether oxygens (including phenoxy) is 1. The molecule has 0 spiro atoms. The average molecular weight is 308 g/mol. The van der Waals surface area contributed by atoms with E-state index in [1.54, 1.807) is 18.6 Å². The smallest absolute Gasteiger partial charge is 0.263 e. The molecule has 8 heteroatoms. The van der Waals surface area contributed by atoms with Gasteiger partial charge in [-0.15, -0.1) is 0 Å². The van der Waals surface area contributed by atoms with E-state index < -0.39 is 0 Å². The lowest BCUT2D eigenvalue weighted by molar-refractivity contribution is -0.133. The predicted molar refractivity (Wildman–Crippen MR) is 79.2 cm³/mol. The monoisotopic (exact) mass is 308 g/mol. The first-order chi connectivity index (χ1) is 10.2. The molecule has 1 heterocycles. The Kier molecular flexibility index (Phi) is 5.07. The largest absolute Gasteiger partial charge is 0.497 e. The number of aromatic nitrogens is 3. The van der Waals surface area contributed by atoms with Crippen LogP contribution in [0.25, 0.3) is 11.4 Å². The third kappa shape index (κ3) is 3.67. The summed E-state index contributed by atoms with van der Waals surface area (Å²) in [6, 6.07) is 7.33. The van der Waals surface area contributed by atoms with Crippen molar-refractivity contribution >= 4 is 18.1 Å². The number of hydrogen-bond acceptors (Lipinski definition) is 5. The van der Waals surface area contributed by atoms with Gasteiger partial charge in [0.1, 0.15) is 12.3 Å². The molecule has 1 amide bonds. The number of nitrogens with one attached hydrogen (secondary N) is 2. The molecule has 0 saturated carbocycles. The minimum atomic E-state index is -0.302. The van der Waals surface area contributed by atoms with Crippen molar-refractivity contribution in [1.29, 1.82) is 0 Å². The van der Waals surface area contributed by atoms with Crippen LogP contribution in [0.4, 0.5) is 0 Å². The fraction of sp³-hybridized carbons (Fsp3) is 0.308. The number of nitrogens with zero attached hydrogens (tertiary/aromatic N) is 2. The number of hydrogen-bond donors (Lipinski definition) is 2. The Bertz CT molecular complexity index is 663. The van der Waals surface area contributed by atoms with Gasteiger partial charge in [-0.1, -0.05) is 0 Å². The molecule has 0 radical (unpaired) electrons. The number of H-pyrrole nitrogens is 1. The number of aromatic amines is 1. The van der Waals surface area contributed by atoms with Gasteiger partial charge in [0, 0.05) is 5.56 Å². The molecule has 0 atom stereocenters. The molecule has 0 saturated heterocycles. The first kappa shape index (κ1) is 15.2. The maximum absolute atomic E-state index is 11.7. The van der Waals surface area contributed by atoms with E-state index >= 15 is 0 Å². The highest BCUT2D eigenvalue weighted by Crippen LogP contribution is 2.20. The zero-order chi connectivity index (χ0) is 15.2. The van der Waals surface area contributed by atoms with Crippen molar-refractivity contribution in [3.63, 3.8) is 0 Å². The minimum Gasteiger partial charge on any atom is -0.497 e. The van der Waals surface area contributed by atoms with Crippen molar-refractivity contribution in [1.82, 2.24) is 20.2 Å². The van der Waals surface area contributed by atoms with Crippen LogP contribution >= 0.6 is 12.2 Å². The van der Waals surface area contributed by atoms with Crippen LogP contribution in [-0.2, 0) is 16.2 Å². The van der Waals surface area contributed by atoms with E-state index in [-0.39, 0.29) is 12.5 Å². The van der Waals surface area contributed by atoms with E-state index in [0.717, 1.165) is 11.3 Å². The van der Waals surface area contributed by atoms with Gasteiger partial charge in [-0.3, -0.25) is 19.3 Å². The SMILES string of the molecule is CCONC(=O)Cn1c(-c2ccc(OC)cc2)n[nH]c1=S. The van der Waals surface area contributed by atoms with E-state index in [4.69, 9.17) is 21.8 Å². The van der Waals surface area contributed by atoms with Crippen LogP contribution in [0, 0.1) is 4.77 Å². The molecule has 0 aliphatic rings. The number of methoxy groups -OCH3 is 1. The summed E-state index contributed by atoms with van der Waals surface area (Å²) in [7, 11) is 1.60. The molecule has 1 aromatic carbocycles. The van der Waals surface area contributed by atoms with Crippen LogP contribution in [0.15, 0.2) is 24.3 Å². The van der Waals surface area contributed by atoms with Gasteiger partial charge in [0.25, 0.3) is 5.91 Å². The standard InChI is InChI=1S/C13H16N4O3S/c1-3-20-16-11(18)8-17-12(14-15-13(17)21)9-4-6-10(19-2)7-5-9/h4-7H,3,8H2,1-2H3,(H,15,21)(H,16,18). The summed E-state index contributed by atoms with van der Waals surface area (Å²) in [4.78, 5) is 16.6. The van der Waals surface area contributed by atoms with Crippen LogP contribution in [0.2, 0.25) is 0 Å². The molecule has 112 valence electrons. The fourth-order valence-corrected chi connectivity index (χ4v) is 1.95. The molecule has 0 bridgehead atoms. The summed E-state index contributed by atoms with van der Waals surface area (Å²) in [6.45, 7) is 2.21. The third-order valence-corrected chi connectivity index (χ3v) is 3.05. The van der Waals surface area contributed by atoms with Crippen molar-refractivity contribution < 1.29 is 14.4 Å². The van der Waals surface area contributed by atoms with Gasteiger partial charge < -0.3 is 4.74 Å². The number of benzene rings is 1. The Hall–Kier alpha value is -2.19. The second-order valence-electron chi connectivity index (χ2n) is 4.13. The van der Waals surface area contributed by atoms with Gasteiger partial charge in [0.2, 0.25) is 0 Å². The van der Waals surface area contributed by atoms with Crippen molar-refractivity contribution in [3.05, 3.63) is 29.0 Å². The summed E-state index contributed by atoms with van der Waals surface area (Å²) in [6.07, 6.45) is 0. The van der Waals surface area contributed by atoms with Crippen LogP contribution in [0.5, 0.6) is 5.75 Å². The van der Waals surface area contributed by atoms with Crippen LogP contribution in [0.1, 0.15) is 6.92 Å². The van der Waals surface area contributed by atoms with Crippen LogP contribution < -0.4 is 10.2 Å². The number of rotatable bonds is 6. The second kappa shape index (κ2) is 7.00. The highest BCUT2D eigenvalue weighted by atomic mass is 32.1. The third-order valence-electron chi connectivity index (χ3n) is 2.74. The molecule has 2 rings (SSSR count). The first-order valence-electron chi connectivity index (χ1n) is 6.36. The Morgan fingerprint density at radius 2 is 2.14 bits per heavy atom. The van der Waals surface area contributed by atoms with Gasteiger partial charge in [-0.2, -0.15) is 5.10 Å². The van der Waals surface area contributed by atoms with Gasteiger partial charge >= 0.3 is 0 Å². The van der Waals surface area contributed by atoms with E-state index in [1.165, 1.54) is 0 Å². The zero-order valence-corrected chi connectivity index (χ0v) is 12.6. The van der Waals surface area contributed by atoms with Crippen molar-refractivity contribution in [2.45, 2.75) is 13.5 Å². The first-order valence-corrected chi connectivity index (χ1v) is 6.76. The summed E-state index contributed by atoms with van der Waals surface area (Å²) < 4.78 is 7.08. The molecular formula is C13H16N4O3S. The Morgan fingerprint density at radius 3 is 2.76 bits per heavy atom. The Labute approximate surface area is 126 Å². The van der Waals surface area contributed by atoms with Gasteiger partial charge in [-0.05, 0) is 43.4 Å². The van der Waals surface area contributed by atoms with Crippen molar-refractivity contribution in [3.8, 4) is 17.1 Å². The molecular weight excluding hydrogens is 292 g/mol. The zero-order valence-electron chi connectivity index (χ0n) is 11.8. The molecule has 7 nitrogen and oxygen atoms in total. The molecule has 2 aromatic rings. The van der Waals surface area contributed by atoms with Crippen LogP contribution in [-0.4, -0.2) is 34.4 Å². The maximum atomic E-state index is 11.7. The highest BCUT2D eigenvalue weighted by molar-refractivity contribution is 7.71. The summed E-state index contributed by atoms with van der Waals surface area (Å²) in [5.74, 6) is 1.02. The predicted octanol–water partition coefficient (Wildman–Crippen LogP) is 1.68. The Balaban J connectivity index is 2.24. The van der Waals surface area contributed by atoms with E-state index in [2.05, 4.69) is 15.7 Å². The lowest BCUT2D eigenvalue weighted by atomic mass is 10.2. The number of amides is 1. The maximum Gasteiger partial charge on any atom is 0.263 e. The number of hydroxylamine groups is 1. The van der Waals surface area contributed by atoms with Gasteiger partial charge in [0.05, 0.1) is 13.7 Å². The molecule has 1 aromatic heterocycles. The van der Waals surface area contributed by atoms with E-state index in [1.807, 2.05) is 24.3 Å². The molecule has 0 unspecified atom stereocenters. The number of carbonyl (C=O) groups is 1. The van der Waals surface area contributed by atoms with Gasteiger partial charge in [-0.25, -0.2) is 5.48 Å². The second-order valence-corrected chi connectivity index (χ2v) is 4.51. The molecule has 0 aliphatic heterocycles. The summed E-state index contributed by atoms with van der Waals surface area (Å²) in [5.41, 5.74) is 3.15. The molecule has 0 aliphatic carbocycles. The quantitative estimate of drug-likeness (QED) is 0.627. The lowest BCUT2D eigenvalue weighted by Crippen LogP contribution is -2.28. The molecule has 0 fully saturated rings. The van der Waals surface area contributed by atoms with E-state index in [9.17, 15) is 4.79 Å². The Morgan fingerprint density at radius 1 is 1.43 bits per heavy atom. The molecule has 2 N–H and O–H groups in total. The van der Waals surface area contributed by atoms with Crippen LogP contribution in [0.3, 0.4) is 0 Å². The lowest BCUT2D eigenvalue weighted by Gasteiger charge is -2.08. The highest BCUT2D eigenvalue weighted by Gasteiger charge is 2.12. The van der Waals surface area contributed by atoms with Gasteiger partial charge in [0.15, 0.2) is 10.6 Å². The molecule has 21 heavy (non-hydrogen) atoms. The van der Waals surface area contributed by atoms with Crippen molar-refractivity contribution in [2.75, 3.05) is 13.7 Å².